The van der Waals surface area contributed by atoms with Crippen LogP contribution in [0.15, 0.2) is 12.1 Å². The molecule has 0 aliphatic carbocycles. The van der Waals surface area contributed by atoms with E-state index >= 15 is 0 Å². The van der Waals surface area contributed by atoms with Crippen LogP contribution in [0.5, 0.6) is 11.5 Å². The highest BCUT2D eigenvalue weighted by Crippen LogP contribution is 2.31. The summed E-state index contributed by atoms with van der Waals surface area (Å²) in [6.45, 7) is 8.75. The maximum Gasteiger partial charge on any atom is 0.164 e. The van der Waals surface area contributed by atoms with Crippen LogP contribution < -0.4 is 14.8 Å². The van der Waals surface area contributed by atoms with Crippen molar-refractivity contribution in [2.24, 2.45) is 0 Å². The number of ether oxygens (including phenoxy) is 2. The fourth-order valence-corrected chi connectivity index (χ4v) is 2.49. The van der Waals surface area contributed by atoms with E-state index in [1.807, 2.05) is 13.8 Å². The molecule has 0 atom stereocenters. The van der Waals surface area contributed by atoms with Crippen molar-refractivity contribution in [2.75, 3.05) is 39.8 Å². The van der Waals surface area contributed by atoms with E-state index in [1.165, 1.54) is 6.07 Å². The first kappa shape index (κ1) is 16.0. The predicted molar refractivity (Wildman–Crippen MR) is 81.7 cm³/mol. The third kappa shape index (κ3) is 4.58. The van der Waals surface area contributed by atoms with E-state index in [0.29, 0.717) is 23.5 Å². The molecule has 2 rings (SSSR count). The Hall–Kier alpha value is -1.33. The molecule has 0 saturated carbocycles. The highest BCUT2D eigenvalue weighted by atomic mass is 19.1. The summed E-state index contributed by atoms with van der Waals surface area (Å²) in [5.74, 6) is 0.845. The van der Waals surface area contributed by atoms with Crippen molar-refractivity contribution in [2.45, 2.75) is 26.4 Å². The van der Waals surface area contributed by atoms with Gasteiger partial charge in [-0.15, -0.1) is 0 Å². The molecule has 0 bridgehead atoms. The second-order valence-corrected chi connectivity index (χ2v) is 5.60. The summed E-state index contributed by atoms with van der Waals surface area (Å²) in [6, 6.07) is 3.20. The number of methoxy groups -OCH3 is 1. The normalized spacial score (nSPS) is 16.2. The Kier molecular flexibility index (Phi) is 5.82. The lowest BCUT2D eigenvalue weighted by Crippen LogP contribution is -2.44. The van der Waals surface area contributed by atoms with Crippen molar-refractivity contribution in [3.8, 4) is 11.5 Å². The summed E-state index contributed by atoms with van der Waals surface area (Å²) in [5, 5.41) is 3.32. The predicted octanol–water partition coefficient (Wildman–Crippen LogP) is 2.07. The van der Waals surface area contributed by atoms with Crippen LogP contribution in [0.1, 0.15) is 19.4 Å². The molecule has 1 saturated heterocycles. The SMILES string of the molecule is COc1cc(CCN2CCNCC2)c(F)cc1OC(C)C. The molecule has 0 unspecified atom stereocenters. The molecule has 0 radical (unpaired) electrons. The van der Waals surface area contributed by atoms with E-state index in [-0.39, 0.29) is 11.9 Å². The minimum absolute atomic E-state index is 0.00926. The molecular weight excluding hydrogens is 271 g/mol. The molecule has 118 valence electrons. The Morgan fingerprint density at radius 3 is 2.57 bits per heavy atom. The molecule has 1 aromatic carbocycles. The van der Waals surface area contributed by atoms with Crippen molar-refractivity contribution >= 4 is 0 Å². The van der Waals surface area contributed by atoms with E-state index in [4.69, 9.17) is 9.47 Å². The van der Waals surface area contributed by atoms with E-state index in [0.717, 1.165) is 32.7 Å². The average Bonchev–Trinajstić information content (AvgIpc) is 2.47. The standard InChI is InChI=1S/C16H25FN2O2/c1-12(2)21-16-11-14(17)13(10-15(16)20-3)4-7-19-8-5-18-6-9-19/h10-12,18H,4-9H2,1-3H3. The average molecular weight is 296 g/mol. The van der Waals surface area contributed by atoms with Gasteiger partial charge >= 0.3 is 0 Å². The summed E-state index contributed by atoms with van der Waals surface area (Å²) < 4.78 is 25.1. The molecule has 1 aromatic rings. The molecule has 21 heavy (non-hydrogen) atoms. The van der Waals surface area contributed by atoms with Crippen LogP contribution in [0, 0.1) is 5.82 Å². The Morgan fingerprint density at radius 1 is 1.24 bits per heavy atom. The van der Waals surface area contributed by atoms with Crippen LogP contribution in [-0.2, 0) is 6.42 Å². The Labute approximate surface area is 126 Å². The topological polar surface area (TPSA) is 33.7 Å². The summed E-state index contributed by atoms with van der Waals surface area (Å²) in [6.07, 6.45) is 0.675. The van der Waals surface area contributed by atoms with Gasteiger partial charge in [-0.1, -0.05) is 0 Å². The highest BCUT2D eigenvalue weighted by molar-refractivity contribution is 5.44. The number of nitrogens with one attached hydrogen (secondary N) is 1. The summed E-state index contributed by atoms with van der Waals surface area (Å²) in [4.78, 5) is 2.35. The molecule has 5 heteroatoms. The maximum absolute atomic E-state index is 14.2. The van der Waals surface area contributed by atoms with E-state index < -0.39 is 0 Å². The van der Waals surface area contributed by atoms with E-state index in [1.54, 1.807) is 13.2 Å². The van der Waals surface area contributed by atoms with Gasteiger partial charge < -0.3 is 19.7 Å². The second-order valence-electron chi connectivity index (χ2n) is 5.60. The van der Waals surface area contributed by atoms with Gasteiger partial charge in [0.15, 0.2) is 11.5 Å². The van der Waals surface area contributed by atoms with Gasteiger partial charge in [0.2, 0.25) is 0 Å². The van der Waals surface area contributed by atoms with Gasteiger partial charge in [0.25, 0.3) is 0 Å². The van der Waals surface area contributed by atoms with E-state index in [9.17, 15) is 4.39 Å². The fourth-order valence-electron chi connectivity index (χ4n) is 2.49. The Balaban J connectivity index is 2.04. The number of halogens is 1. The smallest absolute Gasteiger partial charge is 0.164 e. The largest absolute Gasteiger partial charge is 0.493 e. The van der Waals surface area contributed by atoms with Crippen molar-refractivity contribution in [3.05, 3.63) is 23.5 Å². The molecule has 1 N–H and O–H groups in total. The monoisotopic (exact) mass is 296 g/mol. The van der Waals surface area contributed by atoms with Crippen LogP contribution >= 0.6 is 0 Å². The lowest BCUT2D eigenvalue weighted by atomic mass is 10.1. The van der Waals surface area contributed by atoms with Crippen LogP contribution in [0.25, 0.3) is 0 Å². The zero-order valence-corrected chi connectivity index (χ0v) is 13.1. The molecule has 0 spiro atoms. The molecule has 1 aliphatic rings. The van der Waals surface area contributed by atoms with E-state index in [2.05, 4.69) is 10.2 Å². The van der Waals surface area contributed by atoms with Crippen LogP contribution in [0.3, 0.4) is 0 Å². The number of piperazine rings is 1. The van der Waals surface area contributed by atoms with Gasteiger partial charge in [0.1, 0.15) is 5.82 Å². The summed E-state index contributed by atoms with van der Waals surface area (Å²) >= 11 is 0. The molecule has 1 heterocycles. The second kappa shape index (κ2) is 7.61. The van der Waals surface area contributed by atoms with Crippen molar-refractivity contribution < 1.29 is 13.9 Å². The van der Waals surface area contributed by atoms with Gasteiger partial charge in [0, 0.05) is 38.8 Å². The number of hydrogen-bond donors (Lipinski definition) is 1. The summed E-state index contributed by atoms with van der Waals surface area (Å²) in [5.41, 5.74) is 0.682. The van der Waals surface area contributed by atoms with Gasteiger partial charge in [-0.25, -0.2) is 4.39 Å². The zero-order chi connectivity index (χ0) is 15.2. The first-order valence-electron chi connectivity index (χ1n) is 7.56. The molecule has 0 amide bonds. The molecular formula is C16H25FN2O2. The zero-order valence-electron chi connectivity index (χ0n) is 13.1. The minimum atomic E-state index is -0.221. The number of nitrogens with zero attached hydrogens (tertiary/aromatic N) is 1. The molecule has 0 aromatic heterocycles. The first-order valence-corrected chi connectivity index (χ1v) is 7.56. The third-order valence-electron chi connectivity index (χ3n) is 3.60. The Bertz CT molecular complexity index is 460. The van der Waals surface area contributed by atoms with Crippen molar-refractivity contribution in [3.63, 3.8) is 0 Å². The number of hydrogen-bond acceptors (Lipinski definition) is 4. The van der Waals surface area contributed by atoms with Crippen LogP contribution in [0.4, 0.5) is 4.39 Å². The first-order chi connectivity index (χ1) is 10.1. The van der Waals surface area contributed by atoms with Gasteiger partial charge in [-0.3, -0.25) is 0 Å². The quantitative estimate of drug-likeness (QED) is 0.871. The summed E-state index contributed by atoms with van der Waals surface area (Å²) in [7, 11) is 1.58. The van der Waals surface area contributed by atoms with Crippen molar-refractivity contribution in [1.29, 1.82) is 0 Å². The van der Waals surface area contributed by atoms with Crippen LogP contribution in [-0.4, -0.2) is 50.8 Å². The lowest BCUT2D eigenvalue weighted by molar-refractivity contribution is 0.228. The molecule has 4 nitrogen and oxygen atoms in total. The molecule has 1 fully saturated rings. The third-order valence-corrected chi connectivity index (χ3v) is 3.60. The van der Waals surface area contributed by atoms with Gasteiger partial charge in [-0.05, 0) is 31.9 Å². The maximum atomic E-state index is 14.2. The fraction of sp³-hybridized carbons (Fsp3) is 0.625. The Morgan fingerprint density at radius 2 is 1.95 bits per heavy atom. The number of rotatable bonds is 6. The van der Waals surface area contributed by atoms with Crippen molar-refractivity contribution in [1.82, 2.24) is 10.2 Å². The highest BCUT2D eigenvalue weighted by Gasteiger charge is 2.15. The number of benzene rings is 1. The minimum Gasteiger partial charge on any atom is -0.493 e. The van der Waals surface area contributed by atoms with Gasteiger partial charge in [0.05, 0.1) is 13.2 Å². The lowest BCUT2D eigenvalue weighted by Gasteiger charge is -2.27. The van der Waals surface area contributed by atoms with Crippen LogP contribution in [0.2, 0.25) is 0 Å². The van der Waals surface area contributed by atoms with Gasteiger partial charge in [-0.2, -0.15) is 0 Å². The molecule has 1 aliphatic heterocycles.